The number of piperidine rings is 1. The lowest BCUT2D eigenvalue weighted by molar-refractivity contribution is -0.161. The van der Waals surface area contributed by atoms with Gasteiger partial charge in [0.25, 0.3) is 0 Å². The highest BCUT2D eigenvalue weighted by atomic mass is 16.6. The first-order chi connectivity index (χ1) is 15.4. The normalized spacial score (nSPS) is 18.6. The fourth-order valence-electron chi connectivity index (χ4n) is 4.07. The Balaban J connectivity index is 1.67. The average Bonchev–Trinajstić information content (AvgIpc) is 2.71. The Morgan fingerprint density at radius 2 is 1.91 bits per heavy atom. The second kappa shape index (κ2) is 9.38. The van der Waals surface area contributed by atoms with Crippen LogP contribution in [0.3, 0.4) is 0 Å². The number of aliphatic hydroxyl groups is 1. The maximum Gasteiger partial charge on any atom is 0.329 e. The van der Waals surface area contributed by atoms with E-state index in [2.05, 4.69) is 15.5 Å². The lowest BCUT2D eigenvalue weighted by Crippen LogP contribution is -2.52. The Kier molecular flexibility index (Phi) is 6.97. The van der Waals surface area contributed by atoms with Crippen molar-refractivity contribution in [1.82, 2.24) is 10.2 Å². The van der Waals surface area contributed by atoms with Crippen molar-refractivity contribution in [2.24, 2.45) is 0 Å². The Labute approximate surface area is 193 Å². The molecule has 33 heavy (non-hydrogen) atoms. The summed E-state index contributed by atoms with van der Waals surface area (Å²) in [4.78, 5) is 39.0. The van der Waals surface area contributed by atoms with Gasteiger partial charge in [0.1, 0.15) is 11.4 Å². The van der Waals surface area contributed by atoms with E-state index in [0.29, 0.717) is 37.2 Å². The first-order valence-corrected chi connectivity index (χ1v) is 11.1. The first-order valence-electron chi connectivity index (χ1n) is 11.1. The number of hydrogen-bond acceptors (Lipinski definition) is 8. The molecule has 2 heterocycles. The molecule has 0 radical (unpaired) electrons. The molecule has 1 aromatic carbocycles. The number of esters is 1. The minimum atomic E-state index is -1.09. The molecule has 0 aromatic heterocycles. The van der Waals surface area contributed by atoms with Crippen LogP contribution < -0.4 is 15.5 Å². The number of benzene rings is 1. The van der Waals surface area contributed by atoms with Crippen molar-refractivity contribution in [2.45, 2.75) is 57.7 Å². The topological polar surface area (TPSA) is 135 Å². The van der Waals surface area contributed by atoms with Crippen molar-refractivity contribution in [2.75, 3.05) is 36.9 Å². The second-order valence-electron chi connectivity index (χ2n) is 9.56. The molecule has 2 aliphatic heterocycles. The number of urea groups is 1. The van der Waals surface area contributed by atoms with Gasteiger partial charge in [0.15, 0.2) is 0 Å². The van der Waals surface area contributed by atoms with E-state index in [4.69, 9.17) is 10.1 Å². The highest BCUT2D eigenvalue weighted by Crippen LogP contribution is 2.32. The quantitative estimate of drug-likeness (QED) is 0.301. The maximum atomic E-state index is 12.2. The third kappa shape index (κ3) is 6.01. The van der Waals surface area contributed by atoms with Gasteiger partial charge in [0.2, 0.25) is 5.91 Å². The van der Waals surface area contributed by atoms with Gasteiger partial charge >= 0.3 is 12.0 Å². The zero-order chi connectivity index (χ0) is 24.4. The summed E-state index contributed by atoms with van der Waals surface area (Å²) >= 11 is 0. The summed E-state index contributed by atoms with van der Waals surface area (Å²) in [5.74, 6) is -0.728. The molecular formula is C23H33N5O5. The first kappa shape index (κ1) is 24.5. The molecule has 0 aliphatic carbocycles. The number of nitrogens with one attached hydrogen (secondary N) is 3. The molecule has 10 heteroatoms. The van der Waals surface area contributed by atoms with Crippen molar-refractivity contribution in [3.05, 3.63) is 23.8 Å². The Morgan fingerprint density at radius 1 is 1.24 bits per heavy atom. The van der Waals surface area contributed by atoms with Crippen molar-refractivity contribution in [3.8, 4) is 0 Å². The van der Waals surface area contributed by atoms with Crippen LogP contribution in [0, 0.1) is 5.41 Å². The van der Waals surface area contributed by atoms with Gasteiger partial charge in [-0.05, 0) is 51.8 Å². The molecule has 0 saturated carbocycles. The minimum Gasteiger partial charge on any atom is -0.460 e. The molecule has 2 saturated heterocycles. The predicted molar refractivity (Wildman–Crippen MR) is 125 cm³/mol. The third-order valence-corrected chi connectivity index (χ3v) is 5.80. The average molecular weight is 460 g/mol. The number of imide groups is 1. The van der Waals surface area contributed by atoms with E-state index in [1.807, 2.05) is 12.1 Å². The Morgan fingerprint density at radius 3 is 2.48 bits per heavy atom. The van der Waals surface area contributed by atoms with E-state index in [9.17, 15) is 19.5 Å². The number of carbonyl (C=O) groups is 3. The zero-order valence-corrected chi connectivity index (χ0v) is 19.7. The van der Waals surface area contributed by atoms with E-state index in [0.717, 1.165) is 5.69 Å². The maximum absolute atomic E-state index is 12.2. The number of carbonyl (C=O) groups excluding carboxylic acids is 3. The molecule has 2 aliphatic rings. The van der Waals surface area contributed by atoms with Crippen LogP contribution in [0.5, 0.6) is 0 Å². The monoisotopic (exact) mass is 459 g/mol. The van der Waals surface area contributed by atoms with Crippen LogP contribution in [0.1, 0.15) is 52.0 Å². The van der Waals surface area contributed by atoms with Crippen molar-refractivity contribution in [3.63, 3.8) is 0 Å². The molecular weight excluding hydrogens is 426 g/mol. The van der Waals surface area contributed by atoms with Crippen LogP contribution >= 0.6 is 0 Å². The number of hydrogen-bond donors (Lipinski definition) is 4. The zero-order valence-electron chi connectivity index (χ0n) is 19.7. The van der Waals surface area contributed by atoms with Gasteiger partial charge < -0.3 is 20.1 Å². The van der Waals surface area contributed by atoms with Crippen LogP contribution in [-0.4, -0.2) is 71.6 Å². The molecule has 4 N–H and O–H groups in total. The van der Waals surface area contributed by atoms with E-state index in [-0.39, 0.29) is 31.1 Å². The van der Waals surface area contributed by atoms with Gasteiger partial charge in [-0.25, -0.2) is 4.79 Å². The summed E-state index contributed by atoms with van der Waals surface area (Å²) < 4.78 is 5.35. The Hall–Kier alpha value is -3.14. The van der Waals surface area contributed by atoms with E-state index in [1.165, 1.54) is 4.90 Å². The summed E-state index contributed by atoms with van der Waals surface area (Å²) in [5.41, 5.74) is 0.457. The molecule has 0 bridgehead atoms. The van der Waals surface area contributed by atoms with Crippen molar-refractivity contribution in [1.29, 1.82) is 5.41 Å². The van der Waals surface area contributed by atoms with Gasteiger partial charge in [-0.3, -0.25) is 25.2 Å². The molecule has 3 amide bonds. The van der Waals surface area contributed by atoms with Gasteiger partial charge in [-0.2, -0.15) is 0 Å². The summed E-state index contributed by atoms with van der Waals surface area (Å²) in [7, 11) is 1.74. The number of amides is 3. The Bertz CT molecular complexity index is 947. The van der Waals surface area contributed by atoms with Gasteiger partial charge in [-0.1, -0.05) is 0 Å². The van der Waals surface area contributed by atoms with Gasteiger partial charge in [0, 0.05) is 50.0 Å². The van der Waals surface area contributed by atoms with Gasteiger partial charge in [0.05, 0.1) is 12.0 Å². The van der Waals surface area contributed by atoms with Crippen LogP contribution in [0.15, 0.2) is 18.2 Å². The largest absolute Gasteiger partial charge is 0.460 e. The smallest absolute Gasteiger partial charge is 0.329 e. The molecule has 0 spiro atoms. The van der Waals surface area contributed by atoms with E-state index < -0.39 is 23.2 Å². The molecule has 180 valence electrons. The van der Waals surface area contributed by atoms with Crippen LogP contribution in [-0.2, 0) is 14.3 Å². The van der Waals surface area contributed by atoms with Crippen LogP contribution in [0.4, 0.5) is 16.2 Å². The molecule has 0 atom stereocenters. The summed E-state index contributed by atoms with van der Waals surface area (Å²) in [6, 6.07) is 4.95. The number of nitrogens with zero attached hydrogens (tertiary/aromatic N) is 2. The molecule has 2 fully saturated rings. The second-order valence-corrected chi connectivity index (χ2v) is 9.56. The lowest BCUT2D eigenvalue weighted by atomic mass is 9.88. The highest BCUT2D eigenvalue weighted by molar-refractivity contribution is 6.12. The lowest BCUT2D eigenvalue weighted by Gasteiger charge is -2.39. The summed E-state index contributed by atoms with van der Waals surface area (Å²) in [6.07, 6.45) is 0.985. The number of anilines is 2. The molecule has 0 unspecified atom stereocenters. The standard InChI is InChI=1S/C23H33N5O5/c1-22(2,3)33-19(30)14-23(32)8-11-27(12-9-23)15-5-6-16(17(13-15)25-4)20(24)28-10-7-18(29)26-21(28)31/h5-6,13,24-25,32H,7-12,14H2,1-4H3,(H,26,29,31). The SMILES string of the molecule is CNc1cc(N2CCC(O)(CC(=O)OC(C)(C)C)CC2)ccc1C(=N)N1CCC(=O)NC1=O. The van der Waals surface area contributed by atoms with Crippen LogP contribution in [0.25, 0.3) is 0 Å². The molecule has 3 rings (SSSR count). The predicted octanol–water partition coefficient (Wildman–Crippen LogP) is 2.06. The number of rotatable bonds is 5. The fourth-order valence-corrected chi connectivity index (χ4v) is 4.07. The molecule has 10 nitrogen and oxygen atoms in total. The third-order valence-electron chi connectivity index (χ3n) is 5.80. The number of amidine groups is 1. The summed E-state index contributed by atoms with van der Waals surface area (Å²) in [6.45, 7) is 6.70. The van der Waals surface area contributed by atoms with Crippen molar-refractivity contribution < 1.29 is 24.2 Å². The number of ether oxygens (including phenoxy) is 1. The highest BCUT2D eigenvalue weighted by Gasteiger charge is 2.36. The van der Waals surface area contributed by atoms with E-state index in [1.54, 1.807) is 33.9 Å². The van der Waals surface area contributed by atoms with Gasteiger partial charge in [-0.15, -0.1) is 0 Å². The van der Waals surface area contributed by atoms with E-state index >= 15 is 0 Å². The van der Waals surface area contributed by atoms with Crippen LogP contribution in [0.2, 0.25) is 0 Å². The molecule has 1 aromatic rings. The fraction of sp³-hybridized carbons (Fsp3) is 0.565. The van der Waals surface area contributed by atoms with Crippen molar-refractivity contribution >= 4 is 35.1 Å². The summed E-state index contributed by atoms with van der Waals surface area (Å²) in [5, 5.41) is 24.7. The minimum absolute atomic E-state index is 0.0151.